The zero-order valence-electron chi connectivity index (χ0n) is 9.04. The number of hydrazine groups is 1. The molecular formula is C11H14N4. The molecule has 0 bridgehead atoms. The van der Waals surface area contributed by atoms with Gasteiger partial charge in [0.05, 0.1) is 5.56 Å². The number of nitrogens with one attached hydrogen (secondary N) is 1. The molecule has 0 aromatic carbocycles. The highest BCUT2D eigenvalue weighted by Crippen LogP contribution is 2.24. The van der Waals surface area contributed by atoms with Crippen LogP contribution in [-0.2, 0) is 12.8 Å². The lowest BCUT2D eigenvalue weighted by atomic mass is 10.1. The summed E-state index contributed by atoms with van der Waals surface area (Å²) in [5, 5.41) is 10.8. The molecule has 0 aliphatic heterocycles. The van der Waals surface area contributed by atoms with Crippen molar-refractivity contribution in [2.45, 2.75) is 19.3 Å². The van der Waals surface area contributed by atoms with E-state index in [1.54, 1.807) is 5.01 Å². The Balaban J connectivity index is 2.41. The van der Waals surface area contributed by atoms with Gasteiger partial charge >= 0.3 is 0 Å². The summed E-state index contributed by atoms with van der Waals surface area (Å²) in [7, 11) is 3.77. The van der Waals surface area contributed by atoms with Crippen LogP contribution in [0.4, 0.5) is 5.82 Å². The third kappa shape index (κ3) is 1.92. The van der Waals surface area contributed by atoms with E-state index in [0.29, 0.717) is 11.4 Å². The zero-order chi connectivity index (χ0) is 10.8. The molecule has 0 saturated carbocycles. The monoisotopic (exact) mass is 202 g/mol. The van der Waals surface area contributed by atoms with Crippen LogP contribution in [0.15, 0.2) is 6.07 Å². The molecule has 4 nitrogen and oxygen atoms in total. The smallest absolute Gasteiger partial charge is 0.158 e. The lowest BCUT2D eigenvalue weighted by Crippen LogP contribution is -2.21. The van der Waals surface area contributed by atoms with E-state index in [9.17, 15) is 0 Å². The summed E-state index contributed by atoms with van der Waals surface area (Å²) < 4.78 is 0. The van der Waals surface area contributed by atoms with Gasteiger partial charge in [0.1, 0.15) is 6.07 Å². The first-order valence-electron chi connectivity index (χ1n) is 5.07. The Morgan fingerprint density at radius 2 is 2.27 bits per heavy atom. The normalized spacial score (nSPS) is 13.7. The van der Waals surface area contributed by atoms with Crippen LogP contribution >= 0.6 is 0 Å². The van der Waals surface area contributed by atoms with Gasteiger partial charge in [-0.05, 0) is 30.9 Å². The zero-order valence-corrected chi connectivity index (χ0v) is 9.04. The van der Waals surface area contributed by atoms with Gasteiger partial charge in [-0.15, -0.1) is 0 Å². The number of fused-ring (bicyclic) bond motifs is 1. The van der Waals surface area contributed by atoms with Gasteiger partial charge in [-0.2, -0.15) is 5.26 Å². The Bertz CT molecular complexity index is 417. The molecule has 15 heavy (non-hydrogen) atoms. The minimum absolute atomic E-state index is 0.629. The lowest BCUT2D eigenvalue weighted by molar-refractivity contribution is 0.492. The van der Waals surface area contributed by atoms with E-state index < -0.39 is 0 Å². The van der Waals surface area contributed by atoms with E-state index in [1.807, 2.05) is 20.2 Å². The molecule has 4 heteroatoms. The minimum atomic E-state index is 0.629. The van der Waals surface area contributed by atoms with Crippen LogP contribution in [0.3, 0.4) is 0 Å². The first-order chi connectivity index (χ1) is 7.20. The van der Waals surface area contributed by atoms with Gasteiger partial charge in [0.15, 0.2) is 5.82 Å². The van der Waals surface area contributed by atoms with Crippen molar-refractivity contribution in [3.63, 3.8) is 0 Å². The Kier molecular flexibility index (Phi) is 2.57. The first-order valence-corrected chi connectivity index (χ1v) is 5.07. The Labute approximate surface area is 89.5 Å². The molecule has 1 aromatic rings. The van der Waals surface area contributed by atoms with Crippen LogP contribution in [0, 0.1) is 11.3 Å². The van der Waals surface area contributed by atoms with Crippen LogP contribution in [-0.4, -0.2) is 24.1 Å². The van der Waals surface area contributed by atoms with Gasteiger partial charge in [0.25, 0.3) is 0 Å². The van der Waals surface area contributed by atoms with E-state index in [0.717, 1.165) is 25.0 Å². The fourth-order valence-corrected chi connectivity index (χ4v) is 1.85. The average Bonchev–Trinajstić information content (AvgIpc) is 2.62. The summed E-state index contributed by atoms with van der Waals surface area (Å²) in [4.78, 5) is 4.49. The number of hydrogen-bond donors (Lipinski definition) is 1. The van der Waals surface area contributed by atoms with Crippen molar-refractivity contribution in [2.75, 3.05) is 19.5 Å². The summed E-state index contributed by atoms with van der Waals surface area (Å²) in [5.74, 6) is 0.670. The van der Waals surface area contributed by atoms with E-state index in [4.69, 9.17) is 5.26 Å². The van der Waals surface area contributed by atoms with Crippen molar-refractivity contribution in [3.05, 3.63) is 22.9 Å². The van der Waals surface area contributed by atoms with E-state index in [-0.39, 0.29) is 0 Å². The van der Waals surface area contributed by atoms with Crippen molar-refractivity contribution in [1.29, 1.82) is 5.26 Å². The number of aromatic nitrogens is 1. The molecule has 1 aliphatic carbocycles. The SMILES string of the molecule is CN(C)Nc1nc2c(cc1C#N)CCC2. The Morgan fingerprint density at radius 1 is 1.47 bits per heavy atom. The van der Waals surface area contributed by atoms with Gasteiger partial charge in [0.2, 0.25) is 0 Å². The second-order valence-corrected chi connectivity index (χ2v) is 3.96. The summed E-state index contributed by atoms with van der Waals surface area (Å²) in [5.41, 5.74) is 6.05. The second-order valence-electron chi connectivity index (χ2n) is 3.96. The van der Waals surface area contributed by atoms with Gasteiger partial charge in [-0.1, -0.05) is 0 Å². The van der Waals surface area contributed by atoms with Gasteiger partial charge in [-0.25, -0.2) is 9.99 Å². The number of nitriles is 1. The molecule has 0 amide bonds. The number of aryl methyl sites for hydroxylation is 2. The molecule has 0 saturated heterocycles. The third-order valence-corrected chi connectivity index (χ3v) is 2.50. The number of hydrogen-bond acceptors (Lipinski definition) is 4. The van der Waals surface area contributed by atoms with Crippen molar-refractivity contribution in [3.8, 4) is 6.07 Å². The van der Waals surface area contributed by atoms with E-state index in [2.05, 4.69) is 16.5 Å². The van der Waals surface area contributed by atoms with Gasteiger partial charge in [0, 0.05) is 19.8 Å². The molecule has 78 valence electrons. The van der Waals surface area contributed by atoms with Crippen LogP contribution in [0.5, 0.6) is 0 Å². The number of rotatable bonds is 2. The second kappa shape index (κ2) is 3.87. The molecule has 1 aliphatic rings. The van der Waals surface area contributed by atoms with Crippen molar-refractivity contribution < 1.29 is 0 Å². The van der Waals surface area contributed by atoms with E-state index in [1.165, 1.54) is 5.56 Å². The van der Waals surface area contributed by atoms with Crippen LogP contribution in [0.25, 0.3) is 0 Å². The number of anilines is 1. The summed E-state index contributed by atoms with van der Waals surface area (Å²) in [6, 6.07) is 4.14. The minimum Gasteiger partial charge on any atom is -0.303 e. The van der Waals surface area contributed by atoms with Gasteiger partial charge < -0.3 is 5.43 Å². The molecule has 0 atom stereocenters. The van der Waals surface area contributed by atoms with Gasteiger partial charge in [-0.3, -0.25) is 0 Å². The standard InChI is InChI=1S/C11H14N4/c1-15(2)14-11-9(7-12)6-8-4-3-5-10(8)13-11/h6H,3-5H2,1-2H3,(H,13,14). The molecule has 1 N–H and O–H groups in total. The third-order valence-electron chi connectivity index (χ3n) is 2.50. The summed E-state index contributed by atoms with van der Waals surface area (Å²) in [6.45, 7) is 0. The molecule has 0 fully saturated rings. The maximum atomic E-state index is 9.01. The topological polar surface area (TPSA) is 52.0 Å². The molecule has 1 aromatic heterocycles. The fraction of sp³-hybridized carbons (Fsp3) is 0.455. The highest BCUT2D eigenvalue weighted by molar-refractivity contribution is 5.54. The predicted octanol–water partition coefficient (Wildman–Crippen LogP) is 1.33. The van der Waals surface area contributed by atoms with Crippen molar-refractivity contribution >= 4 is 5.82 Å². The van der Waals surface area contributed by atoms with Crippen molar-refractivity contribution in [2.24, 2.45) is 0 Å². The fourth-order valence-electron chi connectivity index (χ4n) is 1.85. The number of pyridine rings is 1. The Morgan fingerprint density at radius 3 is 2.93 bits per heavy atom. The Hall–Kier alpha value is -1.60. The van der Waals surface area contributed by atoms with E-state index >= 15 is 0 Å². The summed E-state index contributed by atoms with van der Waals surface area (Å²) in [6.07, 6.45) is 3.24. The molecule has 1 heterocycles. The predicted molar refractivity (Wildman–Crippen MR) is 58.3 cm³/mol. The molecular weight excluding hydrogens is 188 g/mol. The molecule has 0 unspecified atom stereocenters. The molecule has 0 spiro atoms. The molecule has 0 radical (unpaired) electrons. The van der Waals surface area contributed by atoms with Crippen LogP contribution < -0.4 is 5.43 Å². The first kappa shape index (κ1) is 9.94. The maximum absolute atomic E-state index is 9.01. The van der Waals surface area contributed by atoms with Crippen molar-refractivity contribution in [1.82, 2.24) is 9.99 Å². The average molecular weight is 202 g/mol. The summed E-state index contributed by atoms with van der Waals surface area (Å²) >= 11 is 0. The largest absolute Gasteiger partial charge is 0.303 e. The molecule has 2 rings (SSSR count). The lowest BCUT2D eigenvalue weighted by Gasteiger charge is -2.14. The highest BCUT2D eigenvalue weighted by atomic mass is 15.5. The maximum Gasteiger partial charge on any atom is 0.158 e. The van der Waals surface area contributed by atoms with Crippen LogP contribution in [0.1, 0.15) is 23.2 Å². The quantitative estimate of drug-likeness (QED) is 0.735. The highest BCUT2D eigenvalue weighted by Gasteiger charge is 2.16. The van der Waals surface area contributed by atoms with Crippen LogP contribution in [0.2, 0.25) is 0 Å². The number of nitrogens with zero attached hydrogens (tertiary/aromatic N) is 3.